The van der Waals surface area contributed by atoms with E-state index in [2.05, 4.69) is 0 Å². The highest BCUT2D eigenvalue weighted by Crippen LogP contribution is 2.43. The lowest BCUT2D eigenvalue weighted by Gasteiger charge is -2.24. The molecule has 0 radical (unpaired) electrons. The molecular weight excluding hydrogens is 257 g/mol. The van der Waals surface area contributed by atoms with Crippen LogP contribution in [0.4, 0.5) is 4.39 Å². The van der Waals surface area contributed by atoms with E-state index in [0.29, 0.717) is 5.56 Å². The molecule has 4 nitrogen and oxygen atoms in total. The van der Waals surface area contributed by atoms with Crippen LogP contribution in [0.2, 0.25) is 0 Å². The first-order chi connectivity index (χ1) is 8.50. The van der Waals surface area contributed by atoms with Crippen molar-refractivity contribution >= 4 is 23.6 Å². The molecule has 6 heteroatoms. The SMILES string of the molecule is C[C@@H]1S[C@H](c2ccccc2F)N(CC(=O)[O-])C1=O. The zero-order valence-corrected chi connectivity index (χ0v) is 10.4. The molecule has 0 saturated carbocycles. The van der Waals surface area contributed by atoms with Gasteiger partial charge < -0.3 is 14.8 Å². The predicted molar refractivity (Wildman–Crippen MR) is 62.9 cm³/mol. The molecule has 0 spiro atoms. The number of carboxylic acids is 1. The number of rotatable bonds is 3. The summed E-state index contributed by atoms with van der Waals surface area (Å²) < 4.78 is 13.7. The van der Waals surface area contributed by atoms with E-state index in [1.165, 1.54) is 17.8 Å². The molecule has 1 aromatic rings. The lowest BCUT2D eigenvalue weighted by molar-refractivity contribution is -0.306. The molecule has 0 aromatic heterocycles. The molecule has 1 saturated heterocycles. The molecule has 2 atom stereocenters. The van der Waals surface area contributed by atoms with Crippen LogP contribution in [0.5, 0.6) is 0 Å². The standard InChI is InChI=1S/C12H12FNO3S/c1-7-11(17)14(6-10(15)16)12(18-7)8-4-2-3-5-9(8)13/h2-5,7,12H,6H2,1H3,(H,15,16)/p-1/t7-,12+/m0/s1. The second-order valence-electron chi connectivity index (χ2n) is 3.99. The summed E-state index contributed by atoms with van der Waals surface area (Å²) in [4.78, 5) is 23.6. The van der Waals surface area contributed by atoms with Crippen molar-refractivity contribution in [3.63, 3.8) is 0 Å². The number of aliphatic carboxylic acids is 1. The van der Waals surface area contributed by atoms with Crippen molar-refractivity contribution in [3.05, 3.63) is 35.6 Å². The summed E-state index contributed by atoms with van der Waals surface area (Å²) in [5.74, 6) is -2.10. The second kappa shape index (κ2) is 4.97. The largest absolute Gasteiger partial charge is 0.548 e. The number of carboxylic acid groups (broad SMARTS) is 1. The minimum atomic E-state index is -1.35. The van der Waals surface area contributed by atoms with Gasteiger partial charge in [-0.2, -0.15) is 0 Å². The van der Waals surface area contributed by atoms with Gasteiger partial charge in [0, 0.05) is 5.56 Å². The minimum absolute atomic E-state index is 0.308. The molecular formula is C12H11FNO3S-. The maximum atomic E-state index is 13.7. The van der Waals surface area contributed by atoms with Crippen molar-refractivity contribution in [2.24, 2.45) is 0 Å². The van der Waals surface area contributed by atoms with Crippen molar-refractivity contribution in [1.29, 1.82) is 0 Å². The summed E-state index contributed by atoms with van der Waals surface area (Å²) in [6.45, 7) is 1.16. The number of nitrogens with zero attached hydrogens (tertiary/aromatic N) is 1. The Morgan fingerprint density at radius 1 is 1.50 bits per heavy atom. The Bertz CT molecular complexity index is 494. The molecule has 0 aliphatic carbocycles. The minimum Gasteiger partial charge on any atom is -0.548 e. The average Bonchev–Trinajstić information content (AvgIpc) is 2.57. The van der Waals surface area contributed by atoms with E-state index in [9.17, 15) is 19.1 Å². The summed E-state index contributed by atoms with van der Waals surface area (Å²) in [5.41, 5.74) is 0.321. The van der Waals surface area contributed by atoms with Gasteiger partial charge in [-0.15, -0.1) is 11.8 Å². The van der Waals surface area contributed by atoms with Gasteiger partial charge in [0.2, 0.25) is 5.91 Å². The fraction of sp³-hybridized carbons (Fsp3) is 0.333. The van der Waals surface area contributed by atoms with Crippen molar-refractivity contribution in [2.75, 3.05) is 6.54 Å². The maximum Gasteiger partial charge on any atom is 0.237 e. The Morgan fingerprint density at radius 3 is 2.78 bits per heavy atom. The first-order valence-corrected chi connectivity index (χ1v) is 6.35. The highest BCUT2D eigenvalue weighted by Gasteiger charge is 2.39. The van der Waals surface area contributed by atoms with Gasteiger partial charge in [-0.1, -0.05) is 18.2 Å². The van der Waals surface area contributed by atoms with Crippen LogP contribution in [0.15, 0.2) is 24.3 Å². The topological polar surface area (TPSA) is 60.4 Å². The second-order valence-corrected chi connectivity index (χ2v) is 5.42. The fourth-order valence-corrected chi connectivity index (χ4v) is 3.19. The summed E-state index contributed by atoms with van der Waals surface area (Å²) in [6, 6.07) is 6.05. The Labute approximate surface area is 108 Å². The number of thioether (sulfide) groups is 1. The first-order valence-electron chi connectivity index (χ1n) is 5.41. The molecule has 1 heterocycles. The number of hydrogen-bond donors (Lipinski definition) is 0. The number of halogens is 1. The normalized spacial score (nSPS) is 23.4. The molecule has 0 unspecified atom stereocenters. The first kappa shape index (κ1) is 12.9. The van der Waals surface area contributed by atoms with E-state index in [1.54, 1.807) is 25.1 Å². The lowest BCUT2D eigenvalue weighted by Crippen LogP contribution is -2.41. The van der Waals surface area contributed by atoms with Crippen molar-refractivity contribution in [1.82, 2.24) is 4.90 Å². The molecule has 1 aliphatic heterocycles. The van der Waals surface area contributed by atoms with Gasteiger partial charge in [0.1, 0.15) is 11.2 Å². The van der Waals surface area contributed by atoms with Crippen LogP contribution in [-0.2, 0) is 9.59 Å². The molecule has 0 bridgehead atoms. The summed E-state index contributed by atoms with van der Waals surface area (Å²) >= 11 is 1.24. The highest BCUT2D eigenvalue weighted by atomic mass is 32.2. The highest BCUT2D eigenvalue weighted by molar-refractivity contribution is 8.01. The molecule has 0 N–H and O–H groups in total. The Kier molecular flexibility index (Phi) is 3.56. The van der Waals surface area contributed by atoms with E-state index in [1.807, 2.05) is 0 Å². The van der Waals surface area contributed by atoms with Crippen LogP contribution in [0.1, 0.15) is 17.9 Å². The third-order valence-electron chi connectivity index (χ3n) is 2.72. The van der Waals surface area contributed by atoms with Crippen LogP contribution < -0.4 is 5.11 Å². The summed E-state index contributed by atoms with van der Waals surface area (Å²) in [6.07, 6.45) is 0. The van der Waals surface area contributed by atoms with E-state index in [0.717, 1.165) is 4.90 Å². The van der Waals surface area contributed by atoms with Crippen LogP contribution in [0.25, 0.3) is 0 Å². The molecule has 2 rings (SSSR count). The third-order valence-corrected chi connectivity index (χ3v) is 4.09. The van der Waals surface area contributed by atoms with E-state index >= 15 is 0 Å². The van der Waals surface area contributed by atoms with Gasteiger partial charge in [-0.3, -0.25) is 4.79 Å². The van der Waals surface area contributed by atoms with Crippen molar-refractivity contribution in [3.8, 4) is 0 Å². The van der Waals surface area contributed by atoms with E-state index < -0.39 is 23.7 Å². The maximum absolute atomic E-state index is 13.7. The van der Waals surface area contributed by atoms with Gasteiger partial charge in [0.25, 0.3) is 0 Å². The van der Waals surface area contributed by atoms with E-state index in [-0.39, 0.29) is 11.2 Å². The fourth-order valence-electron chi connectivity index (χ4n) is 1.89. The Morgan fingerprint density at radius 2 is 2.17 bits per heavy atom. The molecule has 1 fully saturated rings. The van der Waals surface area contributed by atoms with E-state index in [4.69, 9.17) is 0 Å². The molecule has 18 heavy (non-hydrogen) atoms. The van der Waals surface area contributed by atoms with Crippen molar-refractivity contribution in [2.45, 2.75) is 17.5 Å². The van der Waals surface area contributed by atoms with Crippen LogP contribution >= 0.6 is 11.8 Å². The number of amides is 1. The van der Waals surface area contributed by atoms with Gasteiger partial charge >= 0.3 is 0 Å². The van der Waals surface area contributed by atoms with Crippen LogP contribution in [0.3, 0.4) is 0 Å². The Balaban J connectivity index is 2.34. The zero-order valence-electron chi connectivity index (χ0n) is 9.63. The third kappa shape index (κ3) is 2.33. The molecule has 1 amide bonds. The number of hydrogen-bond acceptors (Lipinski definition) is 4. The number of carbonyl (C=O) groups excluding carboxylic acids is 2. The quantitative estimate of drug-likeness (QED) is 0.802. The molecule has 1 aromatic carbocycles. The van der Waals surface area contributed by atoms with Gasteiger partial charge in [-0.05, 0) is 13.0 Å². The van der Waals surface area contributed by atoms with Crippen LogP contribution in [0, 0.1) is 5.82 Å². The monoisotopic (exact) mass is 268 g/mol. The summed E-state index contributed by atoms with van der Waals surface area (Å²) in [5, 5.41) is 9.68. The molecule has 1 aliphatic rings. The van der Waals surface area contributed by atoms with Crippen molar-refractivity contribution < 1.29 is 19.1 Å². The number of carbonyl (C=O) groups is 2. The summed E-state index contributed by atoms with van der Waals surface area (Å²) in [7, 11) is 0. The Hall–Kier alpha value is -1.56. The number of benzene rings is 1. The van der Waals surface area contributed by atoms with Crippen LogP contribution in [-0.4, -0.2) is 28.6 Å². The average molecular weight is 268 g/mol. The van der Waals surface area contributed by atoms with Gasteiger partial charge in [0.15, 0.2) is 0 Å². The van der Waals surface area contributed by atoms with Gasteiger partial charge in [-0.25, -0.2) is 4.39 Å². The molecule has 96 valence electrons. The zero-order chi connectivity index (χ0) is 13.3. The smallest absolute Gasteiger partial charge is 0.237 e. The lowest BCUT2D eigenvalue weighted by atomic mass is 10.2. The van der Waals surface area contributed by atoms with Gasteiger partial charge in [0.05, 0.1) is 17.8 Å². The predicted octanol–water partition coefficient (Wildman–Crippen LogP) is 0.538.